The van der Waals surface area contributed by atoms with Crippen LogP contribution in [0.5, 0.6) is 0 Å². The van der Waals surface area contributed by atoms with Crippen LogP contribution in [0.2, 0.25) is 0 Å². The molecule has 0 unspecified atom stereocenters. The molecule has 0 aromatic carbocycles. The van der Waals surface area contributed by atoms with Crippen molar-refractivity contribution in [1.82, 2.24) is 29.2 Å². The van der Waals surface area contributed by atoms with Crippen molar-refractivity contribution in [1.29, 1.82) is 0 Å². The fraction of sp³-hybridized carbons (Fsp3) is 0.520. The summed E-state index contributed by atoms with van der Waals surface area (Å²) in [5, 5.41) is 11.8. The van der Waals surface area contributed by atoms with Gasteiger partial charge in [0.05, 0.1) is 25.5 Å². The van der Waals surface area contributed by atoms with Gasteiger partial charge in [0.15, 0.2) is 17.3 Å². The first-order valence-electron chi connectivity index (χ1n) is 13.1. The topological polar surface area (TPSA) is 140 Å². The standard InChI is InChI=1S/C25H30N8O5/c1-2-17-21(24(36)33-25(32(17)12-13-34)27-22(28-33)16-5-14-37-15-6-16)30-8-10-31(11-9-30)23(35)20-19-18(38-29-20)4-3-7-26-19/h5,13,26H,2-4,6-12,14-15H2,1H3. The molecule has 0 bridgehead atoms. The number of aldehydes is 1. The number of anilines is 2. The van der Waals surface area contributed by atoms with Gasteiger partial charge in [-0.2, -0.15) is 9.50 Å². The van der Waals surface area contributed by atoms with Gasteiger partial charge in [-0.05, 0) is 24.8 Å². The van der Waals surface area contributed by atoms with Crippen molar-refractivity contribution < 1.29 is 18.8 Å². The number of hydrogen-bond acceptors (Lipinski definition) is 10. The Balaban J connectivity index is 1.31. The molecule has 0 spiro atoms. The summed E-state index contributed by atoms with van der Waals surface area (Å²) in [6.07, 6.45) is 5.63. The van der Waals surface area contributed by atoms with E-state index in [4.69, 9.17) is 9.26 Å². The zero-order chi connectivity index (χ0) is 26.2. The predicted molar refractivity (Wildman–Crippen MR) is 138 cm³/mol. The van der Waals surface area contributed by atoms with Crippen molar-refractivity contribution in [3.63, 3.8) is 0 Å². The van der Waals surface area contributed by atoms with Crippen molar-refractivity contribution in [3.8, 4) is 0 Å². The molecule has 13 nitrogen and oxygen atoms in total. The molecule has 0 saturated carbocycles. The van der Waals surface area contributed by atoms with Gasteiger partial charge in [0.1, 0.15) is 17.7 Å². The van der Waals surface area contributed by atoms with Gasteiger partial charge >= 0.3 is 0 Å². The van der Waals surface area contributed by atoms with Crippen molar-refractivity contribution in [3.05, 3.63) is 39.4 Å². The Labute approximate surface area is 218 Å². The second-order valence-electron chi connectivity index (χ2n) is 9.57. The highest BCUT2D eigenvalue weighted by atomic mass is 16.5. The third kappa shape index (κ3) is 4.06. The third-order valence-electron chi connectivity index (χ3n) is 7.40. The summed E-state index contributed by atoms with van der Waals surface area (Å²) in [6, 6.07) is 0. The van der Waals surface area contributed by atoms with E-state index < -0.39 is 0 Å². The maximum atomic E-state index is 13.8. The molecule has 3 aromatic rings. The van der Waals surface area contributed by atoms with Crippen molar-refractivity contribution in [2.45, 2.75) is 39.2 Å². The number of nitrogens with zero attached hydrogens (tertiary/aromatic N) is 7. The summed E-state index contributed by atoms with van der Waals surface area (Å²) in [4.78, 5) is 47.0. The third-order valence-corrected chi connectivity index (χ3v) is 7.40. The SMILES string of the molecule is CCc1c(N2CCN(C(=O)c3noc4c3NCCC4)CC2)c(=O)n2nc(C3=CCOCC3)nc2n1CC=O. The summed E-state index contributed by atoms with van der Waals surface area (Å²) < 4.78 is 13.9. The highest BCUT2D eigenvalue weighted by Gasteiger charge is 2.32. The zero-order valence-electron chi connectivity index (χ0n) is 21.3. The summed E-state index contributed by atoms with van der Waals surface area (Å²) in [5.74, 6) is 1.37. The van der Waals surface area contributed by atoms with E-state index in [1.165, 1.54) is 4.52 Å². The summed E-state index contributed by atoms with van der Waals surface area (Å²) in [7, 11) is 0. The van der Waals surface area contributed by atoms with Crippen LogP contribution in [-0.2, 0) is 28.9 Å². The summed E-state index contributed by atoms with van der Waals surface area (Å²) >= 11 is 0. The first kappa shape index (κ1) is 24.3. The Bertz CT molecular complexity index is 1480. The van der Waals surface area contributed by atoms with E-state index in [0.717, 1.165) is 42.7 Å². The first-order chi connectivity index (χ1) is 18.6. The molecule has 1 amide bonds. The van der Waals surface area contributed by atoms with Crippen molar-refractivity contribution in [2.75, 3.05) is 56.2 Å². The minimum Gasteiger partial charge on any atom is -0.380 e. The number of carbonyl (C=O) groups is 2. The van der Waals surface area contributed by atoms with Crippen LogP contribution in [0.25, 0.3) is 11.4 Å². The van der Waals surface area contributed by atoms with Gasteiger partial charge in [-0.3, -0.25) is 9.59 Å². The number of carbonyl (C=O) groups excluding carboxylic acids is 2. The second kappa shape index (κ2) is 10.0. The van der Waals surface area contributed by atoms with Gasteiger partial charge in [0.25, 0.3) is 11.5 Å². The lowest BCUT2D eigenvalue weighted by atomic mass is 10.1. The monoisotopic (exact) mass is 522 g/mol. The molecule has 3 aliphatic rings. The quantitative estimate of drug-likeness (QED) is 0.462. The molecule has 6 rings (SSSR count). The number of hydrogen-bond donors (Lipinski definition) is 1. The van der Waals surface area contributed by atoms with E-state index >= 15 is 0 Å². The van der Waals surface area contributed by atoms with Crippen LogP contribution < -0.4 is 15.8 Å². The minimum absolute atomic E-state index is 0.0585. The number of fused-ring (bicyclic) bond motifs is 2. The maximum absolute atomic E-state index is 13.8. The highest BCUT2D eigenvalue weighted by molar-refractivity contribution is 5.98. The van der Waals surface area contributed by atoms with Gasteiger partial charge in [-0.1, -0.05) is 18.2 Å². The molecule has 38 heavy (non-hydrogen) atoms. The average molecular weight is 523 g/mol. The number of piperazine rings is 1. The zero-order valence-corrected chi connectivity index (χ0v) is 21.3. The molecule has 6 heterocycles. The fourth-order valence-electron chi connectivity index (χ4n) is 5.46. The molecule has 1 N–H and O–H groups in total. The number of aryl methyl sites for hydroxylation is 1. The van der Waals surface area contributed by atoms with E-state index in [1.54, 1.807) is 9.47 Å². The summed E-state index contributed by atoms with van der Waals surface area (Å²) in [5.41, 5.74) is 2.87. The Morgan fingerprint density at radius 2 is 2.05 bits per heavy atom. The predicted octanol–water partition coefficient (Wildman–Crippen LogP) is 0.765. The van der Waals surface area contributed by atoms with E-state index in [-0.39, 0.29) is 18.0 Å². The Morgan fingerprint density at radius 3 is 2.79 bits per heavy atom. The highest BCUT2D eigenvalue weighted by Crippen LogP contribution is 2.28. The fourth-order valence-corrected chi connectivity index (χ4v) is 5.46. The van der Waals surface area contributed by atoms with Crippen LogP contribution in [0, 0.1) is 0 Å². The second-order valence-corrected chi connectivity index (χ2v) is 9.57. The maximum Gasteiger partial charge on any atom is 0.299 e. The van der Waals surface area contributed by atoms with Gasteiger partial charge in [-0.15, -0.1) is 5.10 Å². The van der Waals surface area contributed by atoms with Crippen LogP contribution >= 0.6 is 0 Å². The molecule has 200 valence electrons. The van der Waals surface area contributed by atoms with Gasteiger partial charge in [0.2, 0.25) is 5.78 Å². The first-order valence-corrected chi connectivity index (χ1v) is 13.1. The Morgan fingerprint density at radius 1 is 1.21 bits per heavy atom. The van der Waals surface area contributed by atoms with Crippen LogP contribution in [-0.4, -0.2) is 87.4 Å². The minimum atomic E-state index is -0.278. The lowest BCUT2D eigenvalue weighted by Crippen LogP contribution is -2.51. The average Bonchev–Trinajstić information content (AvgIpc) is 3.60. The Hall–Kier alpha value is -4.00. The number of aromatic nitrogens is 5. The smallest absolute Gasteiger partial charge is 0.299 e. The number of amides is 1. The van der Waals surface area contributed by atoms with E-state index in [2.05, 4.69) is 20.6 Å². The molecule has 3 aromatic heterocycles. The van der Waals surface area contributed by atoms with E-state index in [0.29, 0.717) is 80.9 Å². The lowest BCUT2D eigenvalue weighted by molar-refractivity contribution is -0.108. The number of nitrogens with one attached hydrogen (secondary N) is 1. The van der Waals surface area contributed by atoms with Gasteiger partial charge < -0.3 is 33.7 Å². The molecule has 13 heteroatoms. The van der Waals surface area contributed by atoms with Crippen LogP contribution in [0.15, 0.2) is 15.4 Å². The van der Waals surface area contributed by atoms with Crippen LogP contribution in [0.4, 0.5) is 11.4 Å². The van der Waals surface area contributed by atoms with Crippen LogP contribution in [0.3, 0.4) is 0 Å². The Kier molecular flexibility index (Phi) is 6.44. The molecule has 1 saturated heterocycles. The molecule has 1 fully saturated rings. The number of ether oxygens (including phenoxy) is 1. The lowest BCUT2D eigenvalue weighted by Gasteiger charge is -2.36. The van der Waals surface area contributed by atoms with E-state index in [9.17, 15) is 14.4 Å². The van der Waals surface area contributed by atoms with Crippen molar-refractivity contribution in [2.24, 2.45) is 0 Å². The molecule has 0 atom stereocenters. The summed E-state index contributed by atoms with van der Waals surface area (Å²) in [6.45, 7) is 5.60. The van der Waals surface area contributed by atoms with E-state index in [1.807, 2.05) is 17.9 Å². The number of rotatable bonds is 6. The molecule has 0 radical (unpaired) electrons. The molecule has 0 aliphatic carbocycles. The van der Waals surface area contributed by atoms with Crippen LogP contribution in [0.1, 0.15) is 47.5 Å². The van der Waals surface area contributed by atoms with Gasteiger partial charge in [0, 0.05) is 39.1 Å². The largest absolute Gasteiger partial charge is 0.380 e. The van der Waals surface area contributed by atoms with Gasteiger partial charge in [-0.25, -0.2) is 0 Å². The normalized spacial score (nSPS) is 17.8. The molecule has 3 aliphatic heterocycles. The van der Waals surface area contributed by atoms with Crippen molar-refractivity contribution >= 4 is 34.9 Å². The molecular formula is C25H30N8O5. The molecular weight excluding hydrogens is 492 g/mol.